The predicted octanol–water partition coefficient (Wildman–Crippen LogP) is 3.81. The predicted molar refractivity (Wildman–Crippen MR) is 89.3 cm³/mol. The zero-order valence-electron chi connectivity index (χ0n) is 14.9. The molecule has 1 saturated heterocycles. The fraction of sp³-hybridized carbons (Fsp3) is 0.600. The second-order valence-corrected chi connectivity index (χ2v) is 7.74. The Balaban J connectivity index is 1.78. The molecular weight excluding hydrogens is 361 g/mol. The topological polar surface area (TPSA) is 52.6 Å². The number of halogens is 3. The number of esters is 1. The molecule has 0 unspecified atom stereocenters. The highest BCUT2D eigenvalue weighted by atomic mass is 19.4. The Kier molecular flexibility index (Phi) is 4.24. The maximum absolute atomic E-state index is 14.2. The molecule has 1 saturated carbocycles. The SMILES string of the molecule is COc1ccc2c(c1)CC[C@@H]1[C@@H]2C(=O)O[C@@]2(C(F)(F)F)[C@H](CC=O)CC[C@@H]12. The van der Waals surface area contributed by atoms with Crippen LogP contribution in [0.15, 0.2) is 18.2 Å². The van der Waals surface area contributed by atoms with E-state index in [9.17, 15) is 22.8 Å². The monoisotopic (exact) mass is 382 g/mol. The van der Waals surface area contributed by atoms with E-state index in [0.29, 0.717) is 31.3 Å². The molecular formula is C20H21F3O4. The van der Waals surface area contributed by atoms with Gasteiger partial charge in [0.25, 0.3) is 0 Å². The van der Waals surface area contributed by atoms with E-state index in [4.69, 9.17) is 9.47 Å². The molecule has 1 aromatic carbocycles. The van der Waals surface area contributed by atoms with Crippen LogP contribution in [0.4, 0.5) is 13.2 Å². The number of aryl methyl sites for hydroxylation is 1. The van der Waals surface area contributed by atoms with E-state index >= 15 is 0 Å². The molecule has 27 heavy (non-hydrogen) atoms. The number of hydrogen-bond acceptors (Lipinski definition) is 4. The first-order chi connectivity index (χ1) is 12.8. The summed E-state index contributed by atoms with van der Waals surface area (Å²) in [6.45, 7) is 0. The Labute approximate surface area is 155 Å². The molecule has 0 bridgehead atoms. The van der Waals surface area contributed by atoms with Crippen molar-refractivity contribution < 1.29 is 32.2 Å². The van der Waals surface area contributed by atoms with Gasteiger partial charge in [-0.3, -0.25) is 4.79 Å². The third-order valence-electron chi connectivity index (χ3n) is 6.71. The van der Waals surface area contributed by atoms with Gasteiger partial charge in [0.15, 0.2) is 0 Å². The number of carbonyl (C=O) groups excluding carboxylic acids is 2. The molecule has 4 nitrogen and oxygen atoms in total. The van der Waals surface area contributed by atoms with Crippen LogP contribution in [0.2, 0.25) is 0 Å². The molecule has 0 N–H and O–H groups in total. The summed E-state index contributed by atoms with van der Waals surface area (Å²) in [5.41, 5.74) is -0.864. The van der Waals surface area contributed by atoms with Crippen LogP contribution >= 0.6 is 0 Å². The molecule has 146 valence electrons. The van der Waals surface area contributed by atoms with E-state index in [-0.39, 0.29) is 12.8 Å². The van der Waals surface area contributed by atoms with Crippen molar-refractivity contribution in [2.24, 2.45) is 17.8 Å². The lowest BCUT2D eigenvalue weighted by Gasteiger charge is -2.51. The molecule has 0 spiro atoms. The van der Waals surface area contributed by atoms with E-state index < -0.39 is 41.4 Å². The zero-order valence-corrected chi connectivity index (χ0v) is 14.9. The van der Waals surface area contributed by atoms with Gasteiger partial charge < -0.3 is 14.3 Å². The average molecular weight is 382 g/mol. The molecule has 5 atom stereocenters. The van der Waals surface area contributed by atoms with Gasteiger partial charge in [0.1, 0.15) is 12.0 Å². The summed E-state index contributed by atoms with van der Waals surface area (Å²) >= 11 is 0. The van der Waals surface area contributed by atoms with E-state index in [1.807, 2.05) is 6.07 Å². The fourth-order valence-electron chi connectivity index (χ4n) is 5.63. The van der Waals surface area contributed by atoms with Crippen molar-refractivity contribution in [2.45, 2.75) is 49.8 Å². The summed E-state index contributed by atoms with van der Waals surface area (Å²) < 4.78 is 53.0. The van der Waals surface area contributed by atoms with Gasteiger partial charge in [-0.25, -0.2) is 0 Å². The largest absolute Gasteiger partial charge is 0.497 e. The Morgan fingerprint density at radius 2 is 2.07 bits per heavy atom. The standard InChI is InChI=1S/C20H21F3O4/c1-26-13-4-6-14-11(10-13)2-5-15-16-7-3-12(8-9-24)19(16,20(21,22)23)27-18(25)17(14)15/h4,6,9-10,12,15-17H,2-3,5,7-8H2,1H3/t12-,15-,16-,17+,19-/m0/s1. The third-order valence-corrected chi connectivity index (χ3v) is 6.71. The van der Waals surface area contributed by atoms with Gasteiger partial charge in [-0.2, -0.15) is 13.2 Å². The molecule has 1 heterocycles. The van der Waals surface area contributed by atoms with Gasteiger partial charge in [-0.1, -0.05) is 6.07 Å². The molecule has 2 aliphatic carbocycles. The molecule has 2 fully saturated rings. The minimum Gasteiger partial charge on any atom is -0.497 e. The Bertz CT molecular complexity index is 775. The number of ether oxygens (including phenoxy) is 2. The van der Waals surface area contributed by atoms with Crippen LogP contribution in [-0.2, 0) is 20.7 Å². The van der Waals surface area contributed by atoms with E-state index in [2.05, 4.69) is 0 Å². The highest BCUT2D eigenvalue weighted by molar-refractivity contribution is 5.81. The number of hydrogen-bond donors (Lipinski definition) is 0. The van der Waals surface area contributed by atoms with Gasteiger partial charge in [-0.15, -0.1) is 0 Å². The molecule has 0 radical (unpaired) electrons. The van der Waals surface area contributed by atoms with Crippen molar-refractivity contribution in [3.05, 3.63) is 29.3 Å². The second kappa shape index (κ2) is 6.24. The lowest BCUT2D eigenvalue weighted by atomic mass is 9.62. The molecule has 1 aliphatic heterocycles. The van der Waals surface area contributed by atoms with E-state index in [0.717, 1.165) is 11.1 Å². The van der Waals surface area contributed by atoms with Crippen molar-refractivity contribution in [1.82, 2.24) is 0 Å². The number of benzene rings is 1. The zero-order chi connectivity index (χ0) is 19.4. The van der Waals surface area contributed by atoms with Crippen molar-refractivity contribution in [3.8, 4) is 5.75 Å². The highest BCUT2D eigenvalue weighted by Crippen LogP contribution is 2.62. The first-order valence-corrected chi connectivity index (χ1v) is 9.23. The number of fused-ring (bicyclic) bond motifs is 5. The van der Waals surface area contributed by atoms with E-state index in [1.54, 1.807) is 19.2 Å². The second-order valence-electron chi connectivity index (χ2n) is 7.74. The molecule has 1 aromatic rings. The molecule has 7 heteroatoms. The fourth-order valence-corrected chi connectivity index (χ4v) is 5.63. The molecule has 0 aromatic heterocycles. The molecule has 3 aliphatic rings. The Morgan fingerprint density at radius 1 is 1.30 bits per heavy atom. The summed E-state index contributed by atoms with van der Waals surface area (Å²) in [7, 11) is 1.55. The van der Waals surface area contributed by atoms with Crippen molar-refractivity contribution in [2.75, 3.05) is 7.11 Å². The number of methoxy groups -OCH3 is 1. The quantitative estimate of drug-likeness (QED) is 0.589. The maximum Gasteiger partial charge on any atom is 0.428 e. The van der Waals surface area contributed by atoms with Gasteiger partial charge in [0.2, 0.25) is 5.60 Å². The van der Waals surface area contributed by atoms with Crippen molar-refractivity contribution in [1.29, 1.82) is 0 Å². The maximum atomic E-state index is 14.2. The van der Waals surface area contributed by atoms with Gasteiger partial charge >= 0.3 is 12.1 Å². The summed E-state index contributed by atoms with van der Waals surface area (Å²) in [4.78, 5) is 23.8. The third kappa shape index (κ3) is 2.50. The molecule has 4 rings (SSSR count). The first-order valence-electron chi connectivity index (χ1n) is 9.23. The van der Waals surface area contributed by atoms with Gasteiger partial charge in [-0.05, 0) is 54.9 Å². The van der Waals surface area contributed by atoms with Crippen LogP contribution in [0.25, 0.3) is 0 Å². The van der Waals surface area contributed by atoms with Gasteiger partial charge in [0.05, 0.1) is 13.0 Å². The Hall–Kier alpha value is -2.05. The van der Waals surface area contributed by atoms with Crippen LogP contribution in [0.1, 0.15) is 42.7 Å². The number of rotatable bonds is 3. The van der Waals surface area contributed by atoms with Crippen LogP contribution in [-0.4, -0.2) is 31.1 Å². The normalized spacial score (nSPS) is 34.9. The van der Waals surface area contributed by atoms with Gasteiger partial charge in [0, 0.05) is 18.3 Å². The van der Waals surface area contributed by atoms with E-state index in [1.165, 1.54) is 0 Å². The smallest absolute Gasteiger partial charge is 0.428 e. The van der Waals surface area contributed by atoms with Crippen LogP contribution in [0.3, 0.4) is 0 Å². The summed E-state index contributed by atoms with van der Waals surface area (Å²) in [5.74, 6) is -3.08. The van der Waals surface area contributed by atoms with Crippen molar-refractivity contribution >= 4 is 12.3 Å². The lowest BCUT2D eigenvalue weighted by Crippen LogP contribution is -2.62. The number of carbonyl (C=O) groups is 2. The average Bonchev–Trinajstić information content (AvgIpc) is 3.00. The summed E-state index contributed by atoms with van der Waals surface area (Å²) in [5, 5.41) is 0. The lowest BCUT2D eigenvalue weighted by molar-refractivity contribution is -0.311. The number of alkyl halides is 3. The minimum absolute atomic E-state index is 0.242. The van der Waals surface area contributed by atoms with Crippen LogP contribution in [0.5, 0.6) is 5.75 Å². The summed E-state index contributed by atoms with van der Waals surface area (Å²) in [6, 6.07) is 5.34. The Morgan fingerprint density at radius 3 is 2.74 bits per heavy atom. The first kappa shape index (κ1) is 18.3. The molecule has 0 amide bonds. The minimum atomic E-state index is -4.69. The van der Waals surface area contributed by atoms with Crippen LogP contribution in [0, 0.1) is 17.8 Å². The summed E-state index contributed by atoms with van der Waals surface area (Å²) in [6.07, 6.45) is -2.77. The van der Waals surface area contributed by atoms with Crippen LogP contribution < -0.4 is 4.74 Å². The number of aldehydes is 1. The highest BCUT2D eigenvalue weighted by Gasteiger charge is 2.73. The van der Waals surface area contributed by atoms with Crippen molar-refractivity contribution in [3.63, 3.8) is 0 Å².